The van der Waals surface area contributed by atoms with Gasteiger partial charge in [-0.05, 0) is 93.7 Å². The van der Waals surface area contributed by atoms with E-state index in [1.54, 1.807) is 0 Å². The highest BCUT2D eigenvalue weighted by Crippen LogP contribution is 2.26. The maximum Gasteiger partial charge on any atom is 0.122 e. The molecule has 5 heteroatoms. The summed E-state index contributed by atoms with van der Waals surface area (Å²) in [5, 5.41) is 2.06. The van der Waals surface area contributed by atoms with Crippen LogP contribution in [0.2, 0.25) is 0 Å². The molecule has 0 saturated heterocycles. The lowest BCUT2D eigenvalue weighted by Gasteiger charge is -2.24. The predicted molar refractivity (Wildman–Crippen MR) is 132 cm³/mol. The molecule has 1 saturated carbocycles. The van der Waals surface area contributed by atoms with Gasteiger partial charge < -0.3 is 10.2 Å². The van der Waals surface area contributed by atoms with Crippen LogP contribution in [-0.4, -0.2) is 23.1 Å². The van der Waals surface area contributed by atoms with Crippen molar-refractivity contribution in [2.75, 3.05) is 7.05 Å². The second-order valence-corrected chi connectivity index (χ2v) is 9.06. The van der Waals surface area contributed by atoms with Crippen molar-refractivity contribution < 1.29 is 4.74 Å². The first-order valence-corrected chi connectivity index (χ1v) is 12.1. The summed E-state index contributed by atoms with van der Waals surface area (Å²) in [6, 6.07) is 4.36. The van der Waals surface area contributed by atoms with Gasteiger partial charge in [-0.1, -0.05) is 32.4 Å². The number of allylic oxidation sites excluding steroid dienone is 5. The molecule has 1 aromatic heterocycles. The third-order valence-corrected chi connectivity index (χ3v) is 6.23. The third kappa shape index (κ3) is 6.73. The average Bonchev–Trinajstić information content (AvgIpc) is 3.16. The standard InChI is InChI=1S/C27H40N4O/c1-6-10-22-17-18-28-23(19-22)14-15-25-27(29-30-31(25)5)21(4)13-16-26(20(2)3)32-24-11-8-7-9-12-24/h13,16-19,24,29-30H,2,6-12,14-15H2,1,3-5H3/b21-13+,26-16+. The molecule has 0 unspecified atom stereocenters. The molecule has 1 aliphatic heterocycles. The van der Waals surface area contributed by atoms with E-state index in [4.69, 9.17) is 4.74 Å². The molecule has 1 aromatic rings. The number of aryl methyl sites for hydroxylation is 2. The Morgan fingerprint density at radius 3 is 2.69 bits per heavy atom. The minimum Gasteiger partial charge on any atom is -0.490 e. The highest BCUT2D eigenvalue weighted by molar-refractivity contribution is 5.38. The topological polar surface area (TPSA) is 49.4 Å². The van der Waals surface area contributed by atoms with Crippen molar-refractivity contribution in [3.05, 3.63) is 76.6 Å². The SMILES string of the molecule is C=C(C)/C(=C\C=C(/C)C1=C(CCc2cc(CCC)ccn2)N(C)NN1)OC1CCCCC1. The Bertz CT molecular complexity index is 877. The Kier molecular flexibility index (Phi) is 8.98. The molecule has 0 aromatic carbocycles. The molecule has 0 radical (unpaired) electrons. The van der Waals surface area contributed by atoms with E-state index in [9.17, 15) is 0 Å². The zero-order chi connectivity index (χ0) is 22.9. The van der Waals surface area contributed by atoms with E-state index in [0.29, 0.717) is 6.10 Å². The maximum atomic E-state index is 6.30. The molecule has 1 fully saturated rings. The van der Waals surface area contributed by atoms with Crippen molar-refractivity contribution in [3.63, 3.8) is 0 Å². The number of hydrazine groups is 2. The third-order valence-electron chi connectivity index (χ3n) is 6.23. The largest absolute Gasteiger partial charge is 0.490 e. The van der Waals surface area contributed by atoms with Crippen LogP contribution in [0, 0.1) is 0 Å². The Morgan fingerprint density at radius 1 is 1.19 bits per heavy atom. The minimum absolute atomic E-state index is 0.323. The van der Waals surface area contributed by atoms with Gasteiger partial charge >= 0.3 is 0 Å². The van der Waals surface area contributed by atoms with Gasteiger partial charge in [-0.3, -0.25) is 9.99 Å². The molecule has 2 aliphatic rings. The smallest absolute Gasteiger partial charge is 0.122 e. The molecular weight excluding hydrogens is 396 g/mol. The van der Waals surface area contributed by atoms with Gasteiger partial charge in [-0.25, -0.2) is 0 Å². The predicted octanol–water partition coefficient (Wildman–Crippen LogP) is 5.89. The number of nitrogens with one attached hydrogen (secondary N) is 2. The van der Waals surface area contributed by atoms with Crippen LogP contribution >= 0.6 is 0 Å². The number of aromatic nitrogens is 1. The van der Waals surface area contributed by atoms with E-state index in [0.717, 1.165) is 66.8 Å². The average molecular weight is 437 g/mol. The summed E-state index contributed by atoms with van der Waals surface area (Å²) in [5.41, 5.74) is 13.6. The van der Waals surface area contributed by atoms with Gasteiger partial charge in [0.1, 0.15) is 5.76 Å². The van der Waals surface area contributed by atoms with Crippen LogP contribution in [0.4, 0.5) is 0 Å². The number of hydrogen-bond acceptors (Lipinski definition) is 5. The highest BCUT2D eigenvalue weighted by Gasteiger charge is 2.20. The minimum atomic E-state index is 0.323. The van der Waals surface area contributed by atoms with Crippen molar-refractivity contribution in [2.45, 2.75) is 84.7 Å². The van der Waals surface area contributed by atoms with Gasteiger partial charge in [0.15, 0.2) is 0 Å². The van der Waals surface area contributed by atoms with E-state index in [1.807, 2.05) is 20.2 Å². The second kappa shape index (κ2) is 11.9. The molecule has 0 amide bonds. The monoisotopic (exact) mass is 436 g/mol. The molecule has 32 heavy (non-hydrogen) atoms. The van der Waals surface area contributed by atoms with Gasteiger partial charge in [-0.15, -0.1) is 5.53 Å². The molecule has 1 aliphatic carbocycles. The van der Waals surface area contributed by atoms with Gasteiger partial charge in [-0.2, -0.15) is 0 Å². The van der Waals surface area contributed by atoms with Crippen LogP contribution in [-0.2, 0) is 17.6 Å². The zero-order valence-corrected chi connectivity index (χ0v) is 20.3. The van der Waals surface area contributed by atoms with Crippen LogP contribution in [0.5, 0.6) is 0 Å². The molecule has 0 bridgehead atoms. The van der Waals surface area contributed by atoms with Gasteiger partial charge in [0, 0.05) is 18.9 Å². The Labute approximate surface area is 194 Å². The molecular formula is C27H40N4O. The number of ether oxygens (including phenoxy) is 1. The van der Waals surface area contributed by atoms with Gasteiger partial charge in [0.05, 0.1) is 17.5 Å². The fraction of sp³-hybridized carbons (Fsp3) is 0.519. The van der Waals surface area contributed by atoms with E-state index in [1.165, 1.54) is 30.5 Å². The number of rotatable bonds is 10. The Balaban J connectivity index is 1.72. The van der Waals surface area contributed by atoms with Crippen molar-refractivity contribution in [1.82, 2.24) is 21.0 Å². The summed E-state index contributed by atoms with van der Waals surface area (Å²) >= 11 is 0. The number of pyridine rings is 1. The zero-order valence-electron chi connectivity index (χ0n) is 20.3. The molecule has 174 valence electrons. The summed E-state index contributed by atoms with van der Waals surface area (Å²) in [7, 11) is 2.05. The van der Waals surface area contributed by atoms with Crippen LogP contribution < -0.4 is 11.0 Å². The van der Waals surface area contributed by atoms with E-state index >= 15 is 0 Å². The first kappa shape index (κ1) is 24.1. The summed E-state index contributed by atoms with van der Waals surface area (Å²) in [6.45, 7) is 10.5. The normalized spacial score (nSPS) is 18.2. The number of hydrogen-bond donors (Lipinski definition) is 2. The second-order valence-electron chi connectivity index (χ2n) is 9.06. The molecule has 0 spiro atoms. The lowest BCUT2D eigenvalue weighted by atomic mass is 9.97. The summed E-state index contributed by atoms with van der Waals surface area (Å²) < 4.78 is 6.30. The van der Waals surface area contributed by atoms with Crippen LogP contribution in [0.3, 0.4) is 0 Å². The quantitative estimate of drug-likeness (QED) is 0.354. The van der Waals surface area contributed by atoms with Crippen LogP contribution in [0.15, 0.2) is 65.4 Å². The van der Waals surface area contributed by atoms with Crippen molar-refractivity contribution in [2.24, 2.45) is 0 Å². The Morgan fingerprint density at radius 2 is 1.97 bits per heavy atom. The lowest BCUT2D eigenvalue weighted by Crippen LogP contribution is -2.34. The number of nitrogens with zero attached hydrogens (tertiary/aromatic N) is 2. The summed E-state index contributed by atoms with van der Waals surface area (Å²) in [6.07, 6.45) is 16.7. The van der Waals surface area contributed by atoms with Crippen molar-refractivity contribution in [1.29, 1.82) is 0 Å². The highest BCUT2D eigenvalue weighted by atomic mass is 16.5. The fourth-order valence-electron chi connectivity index (χ4n) is 4.35. The van der Waals surface area contributed by atoms with Crippen LogP contribution in [0.25, 0.3) is 0 Å². The first-order valence-electron chi connectivity index (χ1n) is 12.1. The van der Waals surface area contributed by atoms with E-state index in [2.05, 4.69) is 65.7 Å². The van der Waals surface area contributed by atoms with E-state index in [-0.39, 0.29) is 0 Å². The van der Waals surface area contributed by atoms with Crippen molar-refractivity contribution >= 4 is 0 Å². The molecule has 0 atom stereocenters. The van der Waals surface area contributed by atoms with Gasteiger partial charge in [0.25, 0.3) is 0 Å². The molecule has 2 N–H and O–H groups in total. The molecule has 5 nitrogen and oxygen atoms in total. The van der Waals surface area contributed by atoms with E-state index < -0.39 is 0 Å². The molecule has 2 heterocycles. The Hall–Kier alpha value is -2.53. The summed E-state index contributed by atoms with van der Waals surface area (Å²) in [5.74, 6) is 0.898. The maximum absolute atomic E-state index is 6.30. The lowest BCUT2D eigenvalue weighted by molar-refractivity contribution is 0.0876. The molecule has 3 rings (SSSR count). The summed E-state index contributed by atoms with van der Waals surface area (Å²) in [4.78, 5) is 4.58. The van der Waals surface area contributed by atoms with Crippen molar-refractivity contribution in [3.8, 4) is 0 Å². The first-order chi connectivity index (χ1) is 15.5. The van der Waals surface area contributed by atoms with Gasteiger partial charge in [0.2, 0.25) is 0 Å². The van der Waals surface area contributed by atoms with Crippen LogP contribution in [0.1, 0.15) is 77.0 Å². The fourth-order valence-corrected chi connectivity index (χ4v) is 4.35.